The molecule has 0 saturated heterocycles. The number of carboxylic acids is 1. The van der Waals surface area contributed by atoms with Crippen molar-refractivity contribution in [2.75, 3.05) is 18.1 Å². The maximum absolute atomic E-state index is 11.8. The zero-order valence-corrected chi connectivity index (χ0v) is 11.0. The molecule has 0 saturated carbocycles. The second-order valence-corrected chi connectivity index (χ2v) is 5.77. The summed E-state index contributed by atoms with van der Waals surface area (Å²) in [5.41, 5.74) is 5.41. The van der Waals surface area contributed by atoms with E-state index in [2.05, 4.69) is 0 Å². The number of hydrogen-bond acceptors (Lipinski definition) is 5. The van der Waals surface area contributed by atoms with Gasteiger partial charge >= 0.3 is 5.97 Å². The summed E-state index contributed by atoms with van der Waals surface area (Å²) in [6.07, 6.45) is 0. The maximum Gasteiger partial charge on any atom is 0.339 e. The summed E-state index contributed by atoms with van der Waals surface area (Å²) < 4.78 is 28.6. The molecule has 1 aromatic carbocycles. The number of nitrogen functional groups attached to an aromatic ring is 1. The SMILES string of the molecule is CCOc1cc(N)c(S(=O)(=O)CC)cc1C(=O)O. The van der Waals surface area contributed by atoms with Gasteiger partial charge in [0.05, 0.1) is 22.9 Å². The van der Waals surface area contributed by atoms with Gasteiger partial charge in [0.15, 0.2) is 9.84 Å². The Hall–Kier alpha value is -1.76. The Morgan fingerprint density at radius 3 is 2.44 bits per heavy atom. The topological polar surface area (TPSA) is 107 Å². The van der Waals surface area contributed by atoms with Gasteiger partial charge in [0.25, 0.3) is 0 Å². The monoisotopic (exact) mass is 273 g/mol. The number of benzene rings is 1. The molecule has 0 bridgehead atoms. The van der Waals surface area contributed by atoms with E-state index in [1.807, 2.05) is 0 Å². The first-order valence-electron chi connectivity index (χ1n) is 5.35. The van der Waals surface area contributed by atoms with Crippen LogP contribution < -0.4 is 10.5 Å². The molecule has 0 spiro atoms. The predicted octanol–water partition coefficient (Wildman–Crippen LogP) is 1.16. The van der Waals surface area contributed by atoms with E-state index in [1.54, 1.807) is 6.92 Å². The fourth-order valence-electron chi connectivity index (χ4n) is 1.44. The van der Waals surface area contributed by atoms with Crippen molar-refractivity contribution in [2.24, 2.45) is 0 Å². The van der Waals surface area contributed by atoms with Crippen LogP contribution in [0.4, 0.5) is 5.69 Å². The molecule has 7 heteroatoms. The molecule has 0 aliphatic rings. The van der Waals surface area contributed by atoms with E-state index in [1.165, 1.54) is 13.0 Å². The van der Waals surface area contributed by atoms with Gasteiger partial charge in [-0.15, -0.1) is 0 Å². The van der Waals surface area contributed by atoms with Gasteiger partial charge in [0.2, 0.25) is 0 Å². The van der Waals surface area contributed by atoms with Gasteiger partial charge in [0.1, 0.15) is 11.3 Å². The minimum atomic E-state index is -3.56. The zero-order chi connectivity index (χ0) is 13.9. The first-order chi connectivity index (χ1) is 8.33. The Morgan fingerprint density at radius 1 is 1.39 bits per heavy atom. The van der Waals surface area contributed by atoms with E-state index < -0.39 is 15.8 Å². The lowest BCUT2D eigenvalue weighted by Gasteiger charge is -2.12. The Kier molecular flexibility index (Phi) is 4.18. The lowest BCUT2D eigenvalue weighted by Crippen LogP contribution is -2.11. The molecule has 0 aromatic heterocycles. The average molecular weight is 273 g/mol. The van der Waals surface area contributed by atoms with Crippen LogP contribution in [0, 0.1) is 0 Å². The number of ether oxygens (including phenoxy) is 1. The van der Waals surface area contributed by atoms with E-state index in [0.717, 1.165) is 6.07 Å². The largest absolute Gasteiger partial charge is 0.493 e. The van der Waals surface area contributed by atoms with Gasteiger partial charge in [-0.3, -0.25) is 0 Å². The van der Waals surface area contributed by atoms with Gasteiger partial charge in [-0.05, 0) is 13.0 Å². The Morgan fingerprint density at radius 2 is 2.00 bits per heavy atom. The zero-order valence-electron chi connectivity index (χ0n) is 10.1. The normalized spacial score (nSPS) is 11.2. The van der Waals surface area contributed by atoms with Crippen LogP contribution in [0.3, 0.4) is 0 Å². The van der Waals surface area contributed by atoms with Crippen LogP contribution in [0.2, 0.25) is 0 Å². The van der Waals surface area contributed by atoms with Crippen molar-refractivity contribution in [2.45, 2.75) is 18.7 Å². The number of aromatic carboxylic acids is 1. The molecule has 0 amide bonds. The summed E-state index contributed by atoms with van der Waals surface area (Å²) in [4.78, 5) is 10.9. The fraction of sp³-hybridized carbons (Fsp3) is 0.364. The second-order valence-electron chi connectivity index (χ2n) is 3.53. The Bertz CT molecular complexity index is 565. The molecule has 0 unspecified atom stereocenters. The second kappa shape index (κ2) is 5.26. The van der Waals surface area contributed by atoms with E-state index in [4.69, 9.17) is 15.6 Å². The van der Waals surface area contributed by atoms with Crippen molar-refractivity contribution in [3.8, 4) is 5.75 Å². The summed E-state index contributed by atoms with van der Waals surface area (Å²) in [5, 5.41) is 9.03. The van der Waals surface area contributed by atoms with Crippen molar-refractivity contribution >= 4 is 21.5 Å². The van der Waals surface area contributed by atoms with Crippen LogP contribution in [0.15, 0.2) is 17.0 Å². The van der Waals surface area contributed by atoms with Crippen LogP contribution >= 0.6 is 0 Å². The lowest BCUT2D eigenvalue weighted by molar-refractivity contribution is 0.0692. The standard InChI is InChI=1S/C11H15NO5S/c1-3-17-9-6-8(12)10(18(15,16)4-2)5-7(9)11(13)14/h5-6H,3-4,12H2,1-2H3,(H,13,14). The lowest BCUT2D eigenvalue weighted by atomic mass is 10.2. The molecular weight excluding hydrogens is 258 g/mol. The first-order valence-corrected chi connectivity index (χ1v) is 7.01. The molecule has 6 nitrogen and oxygen atoms in total. The number of anilines is 1. The highest BCUT2D eigenvalue weighted by Gasteiger charge is 2.21. The van der Waals surface area contributed by atoms with Crippen LogP contribution in [-0.2, 0) is 9.84 Å². The summed E-state index contributed by atoms with van der Waals surface area (Å²) in [7, 11) is -3.56. The third-order valence-electron chi connectivity index (χ3n) is 2.36. The molecule has 0 radical (unpaired) electrons. The highest BCUT2D eigenvalue weighted by molar-refractivity contribution is 7.91. The number of carbonyl (C=O) groups is 1. The molecule has 3 N–H and O–H groups in total. The highest BCUT2D eigenvalue weighted by atomic mass is 32.2. The fourth-order valence-corrected chi connectivity index (χ4v) is 2.47. The molecule has 0 heterocycles. The molecule has 1 aromatic rings. The third kappa shape index (κ3) is 2.73. The minimum Gasteiger partial charge on any atom is -0.493 e. The summed E-state index contributed by atoms with van der Waals surface area (Å²) >= 11 is 0. The number of nitrogens with two attached hydrogens (primary N) is 1. The number of sulfone groups is 1. The molecule has 18 heavy (non-hydrogen) atoms. The summed E-state index contributed by atoms with van der Waals surface area (Å²) in [6.45, 7) is 3.42. The predicted molar refractivity (Wildman–Crippen MR) is 66.7 cm³/mol. The maximum atomic E-state index is 11.8. The van der Waals surface area contributed by atoms with E-state index in [9.17, 15) is 13.2 Å². The van der Waals surface area contributed by atoms with Crippen molar-refractivity contribution < 1.29 is 23.1 Å². The van der Waals surface area contributed by atoms with E-state index in [-0.39, 0.29) is 34.3 Å². The van der Waals surface area contributed by atoms with Crippen molar-refractivity contribution in [1.29, 1.82) is 0 Å². The van der Waals surface area contributed by atoms with Gasteiger partial charge in [-0.1, -0.05) is 6.92 Å². The summed E-state index contributed by atoms with van der Waals surface area (Å²) in [5.74, 6) is -1.34. The Labute approximate surface area is 105 Å². The smallest absolute Gasteiger partial charge is 0.339 e. The van der Waals surface area contributed by atoms with Crippen LogP contribution in [0.1, 0.15) is 24.2 Å². The van der Waals surface area contributed by atoms with E-state index in [0.29, 0.717) is 0 Å². The molecule has 1 rings (SSSR count). The minimum absolute atomic E-state index is 0.00898. The molecule has 0 atom stereocenters. The van der Waals surface area contributed by atoms with Crippen molar-refractivity contribution in [3.63, 3.8) is 0 Å². The van der Waals surface area contributed by atoms with E-state index >= 15 is 0 Å². The van der Waals surface area contributed by atoms with Crippen molar-refractivity contribution in [3.05, 3.63) is 17.7 Å². The molecule has 0 aliphatic carbocycles. The van der Waals surface area contributed by atoms with Crippen LogP contribution in [0.5, 0.6) is 5.75 Å². The van der Waals surface area contributed by atoms with Gasteiger partial charge < -0.3 is 15.6 Å². The highest BCUT2D eigenvalue weighted by Crippen LogP contribution is 2.29. The molecule has 0 fully saturated rings. The summed E-state index contributed by atoms with van der Waals surface area (Å²) in [6, 6.07) is 2.27. The molecule has 100 valence electrons. The van der Waals surface area contributed by atoms with Gasteiger partial charge in [-0.25, -0.2) is 13.2 Å². The number of hydrogen-bond donors (Lipinski definition) is 2. The van der Waals surface area contributed by atoms with Crippen molar-refractivity contribution in [1.82, 2.24) is 0 Å². The van der Waals surface area contributed by atoms with Crippen LogP contribution in [0.25, 0.3) is 0 Å². The first kappa shape index (κ1) is 14.3. The molecule has 0 aliphatic heterocycles. The third-order valence-corrected chi connectivity index (χ3v) is 4.14. The molecular formula is C11H15NO5S. The Balaban J connectivity index is 3.50. The van der Waals surface area contributed by atoms with Crippen LogP contribution in [-0.4, -0.2) is 31.9 Å². The number of rotatable bonds is 5. The quantitative estimate of drug-likeness (QED) is 0.779. The average Bonchev–Trinajstić information content (AvgIpc) is 2.28. The number of carboxylic acid groups (broad SMARTS) is 1. The van der Waals surface area contributed by atoms with Gasteiger partial charge in [-0.2, -0.15) is 0 Å². The van der Waals surface area contributed by atoms with Gasteiger partial charge in [0, 0.05) is 6.07 Å².